The summed E-state index contributed by atoms with van der Waals surface area (Å²) < 4.78 is 11.4. The first-order valence-corrected chi connectivity index (χ1v) is 7.42. The zero-order valence-electron chi connectivity index (χ0n) is 10.5. The molecule has 0 radical (unpaired) electrons. The van der Waals surface area contributed by atoms with Gasteiger partial charge in [-0.05, 0) is 37.8 Å². The summed E-state index contributed by atoms with van der Waals surface area (Å²) in [7, 11) is 0. The fraction of sp³-hybridized carbons (Fsp3) is 0.571. The van der Waals surface area contributed by atoms with Gasteiger partial charge in [-0.25, -0.2) is 0 Å². The van der Waals surface area contributed by atoms with Crippen LogP contribution in [0.15, 0.2) is 24.3 Å². The zero-order valence-corrected chi connectivity index (χ0v) is 12.1. The Bertz CT molecular complexity index is 287. The molecular weight excluding hydrogens is 271 g/mol. The Morgan fingerprint density at radius 1 is 0.722 bits per heavy atom. The van der Waals surface area contributed by atoms with Crippen molar-refractivity contribution in [1.82, 2.24) is 0 Å². The summed E-state index contributed by atoms with van der Waals surface area (Å²) in [5.41, 5.74) is 0. The second-order valence-electron chi connectivity index (χ2n) is 3.94. The maximum absolute atomic E-state index is 5.69. The number of hydrogen-bond donors (Lipinski definition) is 0. The summed E-state index contributed by atoms with van der Waals surface area (Å²) in [5, 5.41) is 0. The molecule has 102 valence electrons. The molecule has 2 nitrogen and oxygen atoms in total. The molecule has 0 aliphatic rings. The van der Waals surface area contributed by atoms with Crippen LogP contribution in [-0.4, -0.2) is 25.0 Å². The normalized spacial score (nSPS) is 10.3. The average Bonchev–Trinajstić information content (AvgIpc) is 2.41. The van der Waals surface area contributed by atoms with Gasteiger partial charge in [0, 0.05) is 11.8 Å². The third kappa shape index (κ3) is 6.36. The lowest BCUT2D eigenvalue weighted by Crippen LogP contribution is -2.02. The van der Waals surface area contributed by atoms with Gasteiger partial charge in [-0.2, -0.15) is 0 Å². The minimum Gasteiger partial charge on any atom is -0.490 e. The van der Waals surface area contributed by atoms with Crippen molar-refractivity contribution in [2.24, 2.45) is 0 Å². The van der Waals surface area contributed by atoms with Crippen molar-refractivity contribution in [2.75, 3.05) is 25.0 Å². The van der Waals surface area contributed by atoms with Gasteiger partial charge < -0.3 is 9.47 Å². The second kappa shape index (κ2) is 10.3. The van der Waals surface area contributed by atoms with Crippen LogP contribution in [0.5, 0.6) is 11.5 Å². The number of unbranched alkanes of at least 4 members (excludes halogenated alkanes) is 2. The quantitative estimate of drug-likeness (QED) is 0.467. The Labute approximate surface area is 119 Å². The van der Waals surface area contributed by atoms with Crippen LogP contribution in [0.1, 0.15) is 25.7 Å². The van der Waals surface area contributed by atoms with E-state index in [-0.39, 0.29) is 0 Å². The summed E-state index contributed by atoms with van der Waals surface area (Å²) in [6, 6.07) is 7.75. The van der Waals surface area contributed by atoms with E-state index in [4.69, 9.17) is 32.7 Å². The Kier molecular flexibility index (Phi) is 8.87. The molecule has 0 fully saturated rings. The maximum atomic E-state index is 5.69. The van der Waals surface area contributed by atoms with Gasteiger partial charge in [0.15, 0.2) is 11.5 Å². The molecule has 4 heteroatoms. The Morgan fingerprint density at radius 3 is 1.56 bits per heavy atom. The maximum Gasteiger partial charge on any atom is 0.161 e. The molecule has 0 aliphatic carbocycles. The van der Waals surface area contributed by atoms with Crippen molar-refractivity contribution >= 4 is 23.2 Å². The highest BCUT2D eigenvalue weighted by molar-refractivity contribution is 6.18. The molecular formula is C14H20Cl2O2. The number of hydrogen-bond acceptors (Lipinski definition) is 2. The molecule has 0 amide bonds. The van der Waals surface area contributed by atoms with E-state index in [9.17, 15) is 0 Å². The standard InChI is InChI=1S/C14H20Cl2O2/c15-9-3-5-11-17-13-7-1-2-8-14(13)18-12-6-4-10-16/h1-2,7-8H,3-6,9-12H2. The Hall–Kier alpha value is -0.600. The highest BCUT2D eigenvalue weighted by atomic mass is 35.5. The third-order valence-electron chi connectivity index (χ3n) is 2.42. The molecule has 0 aliphatic heterocycles. The van der Waals surface area contributed by atoms with Crippen molar-refractivity contribution in [1.29, 1.82) is 0 Å². The molecule has 0 atom stereocenters. The van der Waals surface area contributed by atoms with Gasteiger partial charge in [0.2, 0.25) is 0 Å². The predicted molar refractivity (Wildman–Crippen MR) is 77.3 cm³/mol. The van der Waals surface area contributed by atoms with Gasteiger partial charge >= 0.3 is 0 Å². The number of rotatable bonds is 10. The zero-order chi connectivity index (χ0) is 13.1. The fourth-order valence-electron chi connectivity index (χ4n) is 1.45. The third-order valence-corrected chi connectivity index (χ3v) is 2.95. The molecule has 0 aromatic heterocycles. The largest absolute Gasteiger partial charge is 0.490 e. The number of halogens is 2. The lowest BCUT2D eigenvalue weighted by molar-refractivity contribution is 0.262. The van der Waals surface area contributed by atoms with Crippen LogP contribution >= 0.6 is 23.2 Å². The predicted octanol–water partition coefficient (Wildman–Crippen LogP) is 4.48. The van der Waals surface area contributed by atoms with E-state index in [0.717, 1.165) is 37.2 Å². The number of para-hydroxylation sites is 2. The molecule has 0 heterocycles. The van der Waals surface area contributed by atoms with Gasteiger partial charge in [0.25, 0.3) is 0 Å². The van der Waals surface area contributed by atoms with E-state index in [1.54, 1.807) is 0 Å². The van der Waals surface area contributed by atoms with E-state index >= 15 is 0 Å². The Morgan fingerprint density at radius 2 is 1.17 bits per heavy atom. The second-order valence-corrected chi connectivity index (χ2v) is 4.69. The van der Waals surface area contributed by atoms with Crippen LogP contribution in [0.2, 0.25) is 0 Å². The highest BCUT2D eigenvalue weighted by Gasteiger charge is 2.03. The van der Waals surface area contributed by atoms with Crippen molar-refractivity contribution in [2.45, 2.75) is 25.7 Å². The van der Waals surface area contributed by atoms with E-state index in [2.05, 4.69) is 0 Å². The smallest absolute Gasteiger partial charge is 0.161 e. The Balaban J connectivity index is 2.36. The van der Waals surface area contributed by atoms with Crippen LogP contribution in [0.25, 0.3) is 0 Å². The van der Waals surface area contributed by atoms with Gasteiger partial charge in [0.1, 0.15) is 0 Å². The van der Waals surface area contributed by atoms with Gasteiger partial charge in [-0.1, -0.05) is 12.1 Å². The summed E-state index contributed by atoms with van der Waals surface area (Å²) >= 11 is 11.2. The van der Waals surface area contributed by atoms with Gasteiger partial charge in [-0.15, -0.1) is 23.2 Å². The number of benzene rings is 1. The number of ether oxygens (including phenoxy) is 2. The van der Waals surface area contributed by atoms with E-state index in [1.807, 2.05) is 24.3 Å². The van der Waals surface area contributed by atoms with Crippen molar-refractivity contribution in [3.8, 4) is 11.5 Å². The molecule has 0 spiro atoms. The van der Waals surface area contributed by atoms with E-state index in [0.29, 0.717) is 25.0 Å². The van der Waals surface area contributed by atoms with Gasteiger partial charge in [0.05, 0.1) is 13.2 Å². The van der Waals surface area contributed by atoms with E-state index < -0.39 is 0 Å². The summed E-state index contributed by atoms with van der Waals surface area (Å²) in [6.45, 7) is 1.35. The molecule has 1 aromatic carbocycles. The summed E-state index contributed by atoms with van der Waals surface area (Å²) in [4.78, 5) is 0. The average molecular weight is 291 g/mol. The molecule has 18 heavy (non-hydrogen) atoms. The van der Waals surface area contributed by atoms with Crippen molar-refractivity contribution < 1.29 is 9.47 Å². The van der Waals surface area contributed by atoms with Crippen LogP contribution in [0, 0.1) is 0 Å². The first-order chi connectivity index (χ1) is 8.88. The first kappa shape index (κ1) is 15.5. The topological polar surface area (TPSA) is 18.5 Å². The minimum absolute atomic E-state index is 0.675. The molecule has 0 unspecified atom stereocenters. The van der Waals surface area contributed by atoms with Gasteiger partial charge in [-0.3, -0.25) is 0 Å². The lowest BCUT2D eigenvalue weighted by Gasteiger charge is -2.12. The van der Waals surface area contributed by atoms with Crippen LogP contribution in [0.3, 0.4) is 0 Å². The van der Waals surface area contributed by atoms with Crippen LogP contribution < -0.4 is 9.47 Å². The highest BCUT2D eigenvalue weighted by Crippen LogP contribution is 2.26. The van der Waals surface area contributed by atoms with Crippen LogP contribution in [-0.2, 0) is 0 Å². The molecule has 0 N–H and O–H groups in total. The molecule has 0 saturated heterocycles. The number of alkyl halides is 2. The minimum atomic E-state index is 0.675. The summed E-state index contributed by atoms with van der Waals surface area (Å²) in [6.07, 6.45) is 3.87. The van der Waals surface area contributed by atoms with E-state index in [1.165, 1.54) is 0 Å². The molecule has 1 aromatic rings. The lowest BCUT2D eigenvalue weighted by atomic mass is 10.3. The van der Waals surface area contributed by atoms with Crippen molar-refractivity contribution in [3.63, 3.8) is 0 Å². The molecule has 0 saturated carbocycles. The first-order valence-electron chi connectivity index (χ1n) is 6.35. The van der Waals surface area contributed by atoms with Crippen molar-refractivity contribution in [3.05, 3.63) is 24.3 Å². The summed E-state index contributed by atoms with van der Waals surface area (Å²) in [5.74, 6) is 2.97. The fourth-order valence-corrected chi connectivity index (χ4v) is 1.82. The molecule has 0 bridgehead atoms. The monoisotopic (exact) mass is 290 g/mol. The SMILES string of the molecule is ClCCCCOc1ccccc1OCCCCCl. The van der Waals surface area contributed by atoms with Crippen LogP contribution in [0.4, 0.5) is 0 Å². The molecule has 1 rings (SSSR count).